The molecule has 0 fully saturated rings. The number of hydrogen-bond acceptors (Lipinski definition) is 3. The van der Waals surface area contributed by atoms with E-state index >= 15 is 0 Å². The molecule has 0 rings (SSSR count). The van der Waals surface area contributed by atoms with Crippen LogP contribution in [0, 0.1) is 0 Å². The molecule has 0 saturated carbocycles. The Morgan fingerprint density at radius 2 is 1.42 bits per heavy atom. The smallest absolute Gasteiger partial charge is 0.328 e. The molecule has 0 aromatic carbocycles. The van der Waals surface area contributed by atoms with Crippen molar-refractivity contribution in [3.05, 3.63) is 0 Å². The fourth-order valence-corrected chi connectivity index (χ4v) is 3.62. The van der Waals surface area contributed by atoms with Crippen LogP contribution < -0.4 is 0 Å². The minimum absolute atomic E-state index is 0.0174. The van der Waals surface area contributed by atoms with Gasteiger partial charge in [-0.25, -0.2) is 4.57 Å². The second kappa shape index (κ2) is 18.4. The van der Waals surface area contributed by atoms with Gasteiger partial charge < -0.3 is 4.74 Å². The van der Waals surface area contributed by atoms with Gasteiger partial charge in [0.25, 0.3) is 0 Å². The van der Waals surface area contributed by atoms with E-state index in [2.05, 4.69) is 6.92 Å². The van der Waals surface area contributed by atoms with E-state index < -0.39 is 14.3 Å². The van der Waals surface area contributed by atoms with E-state index in [0.29, 0.717) is 13.0 Å². The Kier molecular flexibility index (Phi) is 18.9. The van der Waals surface area contributed by atoms with Gasteiger partial charge in [-0.3, -0.25) is 4.52 Å². The summed E-state index contributed by atoms with van der Waals surface area (Å²) in [4.78, 5) is 0. The molecule has 0 N–H and O–H groups in total. The second-order valence-electron chi connectivity index (χ2n) is 6.33. The summed E-state index contributed by atoms with van der Waals surface area (Å²) in [5.41, 5.74) is -0.724. The van der Waals surface area contributed by atoms with Crippen LogP contribution in [0.1, 0.15) is 90.9 Å². The van der Waals surface area contributed by atoms with Crippen molar-refractivity contribution in [1.29, 1.82) is 0 Å². The summed E-state index contributed by atoms with van der Waals surface area (Å²) in [5, 5.41) is 0.0174. The maximum atomic E-state index is 10.5. The van der Waals surface area contributed by atoms with Crippen LogP contribution in [0.25, 0.3) is 0 Å². The van der Waals surface area contributed by atoms with Crippen LogP contribution in [0.5, 0.6) is 0 Å². The third-order valence-electron chi connectivity index (χ3n) is 4.18. The monoisotopic (exact) mass is 400 g/mol. The lowest BCUT2D eigenvalue weighted by atomic mass is 10.0. The van der Waals surface area contributed by atoms with Crippen LogP contribution in [0.2, 0.25) is 0 Å². The lowest BCUT2D eigenvalue weighted by Gasteiger charge is -2.22. The Hall–Kier alpha value is 0.600. The van der Waals surface area contributed by atoms with Crippen LogP contribution >= 0.6 is 31.9 Å². The molecule has 0 aliphatic carbocycles. The highest BCUT2D eigenvalue weighted by atomic mass is 35.5. The van der Waals surface area contributed by atoms with E-state index in [4.69, 9.17) is 32.5 Å². The van der Waals surface area contributed by atoms with Crippen LogP contribution in [-0.2, 0) is 13.8 Å². The van der Waals surface area contributed by atoms with Crippen LogP contribution in [-0.4, -0.2) is 23.7 Å². The Labute approximate surface area is 160 Å². The van der Waals surface area contributed by atoms with Gasteiger partial charge in [0, 0.05) is 12.0 Å². The standard InChI is InChI=1S/C18H35Cl2O3P/c1-3-5-6-7-8-9-10-11-12-13-14-16(19)15-17(22-4-2)18(20)23-24-21/h16-18H,3-15H2,1-2H3. The van der Waals surface area contributed by atoms with E-state index in [1.54, 1.807) is 0 Å². The third-order valence-corrected chi connectivity index (χ3v) is 5.38. The van der Waals surface area contributed by atoms with Crippen molar-refractivity contribution in [1.82, 2.24) is 0 Å². The van der Waals surface area contributed by atoms with E-state index in [1.165, 1.54) is 57.8 Å². The Bertz CT molecular complexity index is 283. The van der Waals surface area contributed by atoms with E-state index in [0.717, 1.165) is 12.8 Å². The first kappa shape index (κ1) is 24.6. The van der Waals surface area contributed by atoms with Crippen LogP contribution in [0.15, 0.2) is 0 Å². The highest BCUT2D eigenvalue weighted by Crippen LogP contribution is 2.23. The highest BCUT2D eigenvalue weighted by Gasteiger charge is 2.24. The summed E-state index contributed by atoms with van der Waals surface area (Å²) >= 11 is 12.4. The average molecular weight is 401 g/mol. The van der Waals surface area contributed by atoms with Gasteiger partial charge >= 0.3 is 8.69 Å². The topological polar surface area (TPSA) is 35.5 Å². The summed E-state index contributed by atoms with van der Waals surface area (Å²) < 4.78 is 20.9. The molecule has 144 valence electrons. The zero-order valence-electron chi connectivity index (χ0n) is 15.4. The largest absolute Gasteiger partial charge is 0.374 e. The van der Waals surface area contributed by atoms with Gasteiger partial charge in [-0.2, -0.15) is 0 Å². The molecule has 3 atom stereocenters. The number of alkyl halides is 2. The van der Waals surface area contributed by atoms with Crippen LogP contribution in [0.3, 0.4) is 0 Å². The average Bonchev–Trinajstić information content (AvgIpc) is 2.56. The van der Waals surface area contributed by atoms with Crippen LogP contribution in [0.4, 0.5) is 0 Å². The third kappa shape index (κ3) is 14.9. The number of unbranched alkanes of at least 4 members (excludes halogenated alkanes) is 9. The lowest BCUT2D eigenvalue weighted by Crippen LogP contribution is -2.28. The summed E-state index contributed by atoms with van der Waals surface area (Å²) in [7, 11) is -0.426. The summed E-state index contributed by atoms with van der Waals surface area (Å²) in [6, 6.07) is 0. The van der Waals surface area contributed by atoms with Crippen molar-refractivity contribution in [2.75, 3.05) is 6.61 Å². The quantitative estimate of drug-likeness (QED) is 0.136. The van der Waals surface area contributed by atoms with Gasteiger partial charge in [-0.1, -0.05) is 82.7 Å². The predicted octanol–water partition coefficient (Wildman–Crippen LogP) is 7.49. The molecule has 0 heterocycles. The molecule has 0 amide bonds. The van der Waals surface area contributed by atoms with Gasteiger partial charge in [-0.05, 0) is 19.8 Å². The fourth-order valence-electron chi connectivity index (χ4n) is 2.80. The van der Waals surface area contributed by atoms with Gasteiger partial charge in [-0.15, -0.1) is 11.6 Å². The van der Waals surface area contributed by atoms with Gasteiger partial charge in [0.15, 0.2) is 5.56 Å². The Morgan fingerprint density at radius 3 is 1.92 bits per heavy atom. The van der Waals surface area contributed by atoms with Crippen molar-refractivity contribution in [3.8, 4) is 0 Å². The molecule has 0 aliphatic rings. The highest BCUT2D eigenvalue weighted by molar-refractivity contribution is 7.17. The molecule has 3 unspecified atom stereocenters. The maximum absolute atomic E-state index is 10.5. The zero-order chi connectivity index (χ0) is 18.0. The molecule has 0 aliphatic heterocycles. The molecule has 24 heavy (non-hydrogen) atoms. The molecular weight excluding hydrogens is 366 g/mol. The second-order valence-corrected chi connectivity index (χ2v) is 7.74. The number of halogens is 2. The molecule has 0 spiro atoms. The molecular formula is C18H35Cl2O3P. The van der Waals surface area contributed by atoms with Gasteiger partial charge in [0.2, 0.25) is 0 Å². The lowest BCUT2D eigenvalue weighted by molar-refractivity contribution is 0.00921. The van der Waals surface area contributed by atoms with E-state index in [9.17, 15) is 4.57 Å². The zero-order valence-corrected chi connectivity index (χ0v) is 17.8. The predicted molar refractivity (Wildman–Crippen MR) is 104 cm³/mol. The molecule has 0 aromatic rings. The van der Waals surface area contributed by atoms with E-state index in [1.807, 2.05) is 6.92 Å². The SMILES string of the molecule is CCCCCCCCCCCCC(Cl)CC(OCC)C(Cl)OP=O. The first-order chi connectivity index (χ1) is 11.7. The first-order valence-corrected chi connectivity index (χ1v) is 11.1. The Balaban J connectivity index is 3.62. The van der Waals surface area contributed by atoms with Gasteiger partial charge in [0.1, 0.15) is 0 Å². The van der Waals surface area contributed by atoms with E-state index in [-0.39, 0.29) is 11.5 Å². The first-order valence-electron chi connectivity index (χ1n) is 9.53. The summed E-state index contributed by atoms with van der Waals surface area (Å²) in [6.45, 7) is 4.69. The Morgan fingerprint density at radius 1 is 0.875 bits per heavy atom. The summed E-state index contributed by atoms with van der Waals surface area (Å²) in [6.07, 6.45) is 14.5. The molecule has 0 saturated heterocycles. The molecule has 0 aromatic heterocycles. The minimum Gasteiger partial charge on any atom is -0.374 e. The van der Waals surface area contributed by atoms with Crippen molar-refractivity contribution < 1.29 is 13.8 Å². The minimum atomic E-state index is -0.724. The molecule has 6 heteroatoms. The maximum Gasteiger partial charge on any atom is 0.328 e. The normalized spacial score (nSPS) is 15.5. The number of ether oxygens (including phenoxy) is 1. The molecule has 0 bridgehead atoms. The van der Waals surface area contributed by atoms with Crippen molar-refractivity contribution >= 4 is 31.9 Å². The van der Waals surface area contributed by atoms with Gasteiger partial charge in [0.05, 0.1) is 6.10 Å². The van der Waals surface area contributed by atoms with Crippen molar-refractivity contribution in [2.24, 2.45) is 0 Å². The fraction of sp³-hybridized carbons (Fsp3) is 1.00. The molecule has 0 radical (unpaired) electrons. The van der Waals surface area contributed by atoms with Crippen molar-refractivity contribution in [2.45, 2.75) is 108 Å². The number of hydrogen-bond donors (Lipinski definition) is 0. The van der Waals surface area contributed by atoms with Crippen molar-refractivity contribution in [3.63, 3.8) is 0 Å². The summed E-state index contributed by atoms with van der Waals surface area (Å²) in [5.74, 6) is 0. The molecule has 3 nitrogen and oxygen atoms in total. The number of rotatable bonds is 18.